The molecule has 0 aliphatic rings. The molecule has 3 aromatic heterocycles. The number of nitrogens with one attached hydrogen (secondary N) is 1. The molecule has 5 aromatic rings. The van der Waals surface area contributed by atoms with Crippen LogP contribution in [0.4, 0.5) is 14.5 Å². The maximum absolute atomic E-state index is 14.8. The number of halogens is 3. The quantitative estimate of drug-likeness (QED) is 0.294. The average Bonchev–Trinajstić information content (AvgIpc) is 3.31. The SMILES string of the molecule is Cc1cc(=O)n(-c2ccc(Br)cc2F)nc1C(=O)Nc1ccc(Oc2ncnc3sccc23)c(F)c1. The van der Waals surface area contributed by atoms with E-state index in [9.17, 15) is 18.4 Å². The Labute approximate surface area is 214 Å². The Morgan fingerprint density at radius 3 is 2.69 bits per heavy atom. The summed E-state index contributed by atoms with van der Waals surface area (Å²) < 4.78 is 36.1. The molecule has 0 saturated carbocycles. The third kappa shape index (κ3) is 4.60. The van der Waals surface area contributed by atoms with Crippen LogP contribution in [-0.4, -0.2) is 25.7 Å². The molecular formula is C24H14BrF2N5O3S. The Morgan fingerprint density at radius 2 is 1.92 bits per heavy atom. The number of hydrogen-bond donors (Lipinski definition) is 1. The molecule has 0 atom stereocenters. The molecule has 0 radical (unpaired) electrons. The highest BCUT2D eigenvalue weighted by Gasteiger charge is 2.18. The van der Waals surface area contributed by atoms with E-state index in [1.165, 1.54) is 54.9 Å². The predicted octanol–water partition coefficient (Wildman–Crippen LogP) is 5.63. The lowest BCUT2D eigenvalue weighted by atomic mass is 10.2. The van der Waals surface area contributed by atoms with Gasteiger partial charge in [0.1, 0.15) is 22.7 Å². The Balaban J connectivity index is 1.40. The van der Waals surface area contributed by atoms with Crippen LogP contribution in [0.5, 0.6) is 11.6 Å². The maximum atomic E-state index is 14.8. The molecule has 0 fully saturated rings. The minimum atomic E-state index is -0.735. The van der Waals surface area contributed by atoms with Crippen LogP contribution in [0.15, 0.2) is 69.5 Å². The van der Waals surface area contributed by atoms with Crippen LogP contribution in [0.1, 0.15) is 16.1 Å². The Kier molecular flexibility index (Phi) is 6.29. The maximum Gasteiger partial charge on any atom is 0.276 e. The van der Waals surface area contributed by atoms with Crippen molar-refractivity contribution in [1.29, 1.82) is 0 Å². The number of carbonyl (C=O) groups is 1. The van der Waals surface area contributed by atoms with Crippen LogP contribution in [-0.2, 0) is 0 Å². The molecule has 5 rings (SSSR count). The van der Waals surface area contributed by atoms with Gasteiger partial charge in [-0.1, -0.05) is 15.9 Å². The van der Waals surface area contributed by atoms with Crippen LogP contribution < -0.4 is 15.6 Å². The van der Waals surface area contributed by atoms with E-state index in [1.807, 2.05) is 5.38 Å². The van der Waals surface area contributed by atoms with E-state index >= 15 is 0 Å². The van der Waals surface area contributed by atoms with Crippen LogP contribution in [0, 0.1) is 18.6 Å². The molecule has 0 aliphatic heterocycles. The van der Waals surface area contributed by atoms with Gasteiger partial charge in [-0.25, -0.2) is 18.7 Å². The number of rotatable bonds is 5. The molecule has 180 valence electrons. The standard InChI is InChI=1S/C24H14BrF2N5O3S/c1-12-8-20(33)32(18-4-2-13(25)9-16(18)26)31-21(12)22(34)30-14-3-5-19(17(27)10-14)35-23-15-6-7-36-24(15)29-11-28-23/h2-11H,1H3,(H,30,34). The van der Waals surface area contributed by atoms with Crippen molar-refractivity contribution in [3.05, 3.63) is 98.0 Å². The van der Waals surface area contributed by atoms with Crippen molar-refractivity contribution in [2.45, 2.75) is 6.92 Å². The minimum absolute atomic E-state index is 0.0900. The molecule has 3 heterocycles. The highest BCUT2D eigenvalue weighted by Crippen LogP contribution is 2.31. The smallest absolute Gasteiger partial charge is 0.276 e. The summed E-state index contributed by atoms with van der Waals surface area (Å²) in [5, 5.41) is 9.07. The van der Waals surface area contributed by atoms with Gasteiger partial charge in [-0.3, -0.25) is 9.59 Å². The van der Waals surface area contributed by atoms with Gasteiger partial charge in [0.2, 0.25) is 5.88 Å². The lowest BCUT2D eigenvalue weighted by Crippen LogP contribution is -2.27. The molecule has 0 aliphatic carbocycles. The first-order chi connectivity index (χ1) is 17.3. The molecule has 36 heavy (non-hydrogen) atoms. The molecule has 0 bridgehead atoms. The fraction of sp³-hybridized carbons (Fsp3) is 0.0417. The fourth-order valence-electron chi connectivity index (χ4n) is 3.40. The first kappa shape index (κ1) is 23.7. The van der Waals surface area contributed by atoms with E-state index in [4.69, 9.17) is 4.74 Å². The summed E-state index contributed by atoms with van der Waals surface area (Å²) in [5.74, 6) is -2.02. The number of aromatic nitrogens is 4. The number of ether oxygens (including phenoxy) is 1. The van der Waals surface area contributed by atoms with Crippen molar-refractivity contribution >= 4 is 49.1 Å². The predicted molar refractivity (Wildman–Crippen MR) is 134 cm³/mol. The Hall–Kier alpha value is -4.03. The summed E-state index contributed by atoms with van der Waals surface area (Å²) in [6.45, 7) is 1.52. The zero-order chi connectivity index (χ0) is 25.4. The summed E-state index contributed by atoms with van der Waals surface area (Å²) in [6.07, 6.45) is 1.33. The highest BCUT2D eigenvalue weighted by molar-refractivity contribution is 9.10. The molecule has 1 amide bonds. The number of aryl methyl sites for hydroxylation is 1. The average molecular weight is 570 g/mol. The Bertz CT molecular complexity index is 1710. The van der Waals surface area contributed by atoms with Gasteiger partial charge in [-0.05, 0) is 54.3 Å². The van der Waals surface area contributed by atoms with Gasteiger partial charge in [0.15, 0.2) is 17.3 Å². The number of fused-ring (bicyclic) bond motifs is 1. The van der Waals surface area contributed by atoms with Gasteiger partial charge in [-0.2, -0.15) is 9.78 Å². The number of carbonyl (C=O) groups excluding carboxylic acids is 1. The number of thiophene rings is 1. The van der Waals surface area contributed by atoms with Crippen LogP contribution in [0.25, 0.3) is 15.9 Å². The van der Waals surface area contributed by atoms with E-state index in [0.29, 0.717) is 14.7 Å². The summed E-state index contributed by atoms with van der Waals surface area (Å²) in [6, 6.07) is 10.9. The number of hydrogen-bond acceptors (Lipinski definition) is 7. The van der Waals surface area contributed by atoms with Crippen molar-refractivity contribution < 1.29 is 18.3 Å². The zero-order valence-corrected chi connectivity index (χ0v) is 20.7. The fourth-order valence-corrected chi connectivity index (χ4v) is 4.45. The first-order valence-corrected chi connectivity index (χ1v) is 12.0. The number of amides is 1. The van der Waals surface area contributed by atoms with Crippen molar-refractivity contribution in [3.8, 4) is 17.3 Å². The normalized spacial score (nSPS) is 11.0. The lowest BCUT2D eigenvalue weighted by Gasteiger charge is -2.12. The second-order valence-electron chi connectivity index (χ2n) is 7.54. The highest BCUT2D eigenvalue weighted by atomic mass is 79.9. The van der Waals surface area contributed by atoms with E-state index < -0.39 is 23.1 Å². The largest absolute Gasteiger partial charge is 0.435 e. The van der Waals surface area contributed by atoms with Gasteiger partial charge < -0.3 is 10.1 Å². The van der Waals surface area contributed by atoms with Crippen LogP contribution in [0.3, 0.4) is 0 Å². The third-order valence-electron chi connectivity index (χ3n) is 5.10. The van der Waals surface area contributed by atoms with E-state index in [0.717, 1.165) is 10.7 Å². The molecule has 0 saturated heterocycles. The number of nitrogens with zero attached hydrogens (tertiary/aromatic N) is 4. The van der Waals surface area contributed by atoms with Gasteiger partial charge in [0, 0.05) is 22.3 Å². The van der Waals surface area contributed by atoms with E-state index in [2.05, 4.69) is 36.3 Å². The molecule has 0 spiro atoms. The number of benzene rings is 2. The van der Waals surface area contributed by atoms with Gasteiger partial charge >= 0.3 is 0 Å². The number of anilines is 1. The van der Waals surface area contributed by atoms with Crippen molar-refractivity contribution in [3.63, 3.8) is 0 Å². The zero-order valence-electron chi connectivity index (χ0n) is 18.3. The molecular weight excluding hydrogens is 556 g/mol. The Morgan fingerprint density at radius 1 is 1.08 bits per heavy atom. The van der Waals surface area contributed by atoms with Gasteiger partial charge in [0.05, 0.1) is 5.39 Å². The molecule has 2 aromatic carbocycles. The minimum Gasteiger partial charge on any atom is -0.435 e. The summed E-state index contributed by atoms with van der Waals surface area (Å²) in [4.78, 5) is 34.2. The molecule has 1 N–H and O–H groups in total. The molecule has 12 heteroatoms. The van der Waals surface area contributed by atoms with Crippen molar-refractivity contribution in [2.75, 3.05) is 5.32 Å². The van der Waals surface area contributed by atoms with Gasteiger partial charge in [0.25, 0.3) is 11.5 Å². The summed E-state index contributed by atoms with van der Waals surface area (Å²) >= 11 is 4.56. The second-order valence-corrected chi connectivity index (χ2v) is 9.35. The molecule has 8 nitrogen and oxygen atoms in total. The van der Waals surface area contributed by atoms with Gasteiger partial charge in [-0.15, -0.1) is 11.3 Å². The van der Waals surface area contributed by atoms with Crippen molar-refractivity contribution in [2.24, 2.45) is 0 Å². The third-order valence-corrected chi connectivity index (χ3v) is 6.41. The second kappa shape index (κ2) is 9.55. The molecule has 0 unspecified atom stereocenters. The van der Waals surface area contributed by atoms with E-state index in [-0.39, 0.29) is 34.3 Å². The monoisotopic (exact) mass is 569 g/mol. The lowest BCUT2D eigenvalue weighted by molar-refractivity contribution is 0.102. The summed E-state index contributed by atoms with van der Waals surface area (Å²) in [7, 11) is 0. The van der Waals surface area contributed by atoms with Crippen LogP contribution in [0.2, 0.25) is 0 Å². The summed E-state index contributed by atoms with van der Waals surface area (Å²) in [5.41, 5.74) is -0.452. The van der Waals surface area contributed by atoms with E-state index in [1.54, 1.807) is 12.1 Å². The topological polar surface area (TPSA) is 99.0 Å². The first-order valence-electron chi connectivity index (χ1n) is 10.3. The van der Waals surface area contributed by atoms with Crippen LogP contribution >= 0.6 is 27.3 Å². The van der Waals surface area contributed by atoms with Crippen molar-refractivity contribution in [1.82, 2.24) is 19.7 Å².